The fraction of sp³-hybridized carbons (Fsp3) is 0.667. The lowest BCUT2D eigenvalue weighted by Gasteiger charge is -2.23. The van der Waals surface area contributed by atoms with Crippen molar-refractivity contribution in [2.24, 2.45) is 0 Å². The highest BCUT2D eigenvalue weighted by Crippen LogP contribution is 2.20. The lowest BCUT2D eigenvalue weighted by molar-refractivity contribution is -0.697. The van der Waals surface area contributed by atoms with Gasteiger partial charge in [-0.25, -0.2) is 4.57 Å². The first-order valence-electron chi connectivity index (χ1n) is 7.02. The van der Waals surface area contributed by atoms with Crippen LogP contribution in [0.25, 0.3) is 0 Å². The average molecular weight is 298 g/mol. The summed E-state index contributed by atoms with van der Waals surface area (Å²) in [4.78, 5) is 0. The van der Waals surface area contributed by atoms with Crippen molar-refractivity contribution in [2.75, 3.05) is 21.3 Å². The van der Waals surface area contributed by atoms with E-state index in [9.17, 15) is 0 Å². The molecular weight excluding hydrogens is 270 g/mol. The molecule has 0 fully saturated rings. The molecule has 0 unspecified atom stereocenters. The summed E-state index contributed by atoms with van der Waals surface area (Å²) in [5.74, 6) is 0. The molecule has 1 rings (SSSR count). The number of rotatable bonds is 7. The summed E-state index contributed by atoms with van der Waals surface area (Å²) in [6, 6.07) is 5.20. The average Bonchev–Trinajstić information content (AvgIpc) is 2.44. The van der Waals surface area contributed by atoms with E-state index in [1.165, 1.54) is 5.56 Å². The molecule has 0 aliphatic carbocycles. The molecule has 5 heteroatoms. The normalized spacial score (nSPS) is 12.7. The quantitative estimate of drug-likeness (QED) is 0.573. The molecule has 0 spiro atoms. The Hall–Kier alpha value is -0.753. The minimum Gasteiger partial charge on any atom is -0.377 e. The van der Waals surface area contributed by atoms with Gasteiger partial charge in [-0.05, 0) is 11.0 Å². The number of aryl methyl sites for hydroxylation is 1. The van der Waals surface area contributed by atoms with Crippen molar-refractivity contribution in [3.63, 3.8) is 0 Å². The predicted molar refractivity (Wildman–Crippen MR) is 81.5 cm³/mol. The van der Waals surface area contributed by atoms with Gasteiger partial charge >= 0.3 is 8.80 Å². The van der Waals surface area contributed by atoms with Gasteiger partial charge in [0.1, 0.15) is 6.54 Å². The molecule has 0 aliphatic rings. The van der Waals surface area contributed by atoms with Crippen LogP contribution in [-0.2, 0) is 25.2 Å². The van der Waals surface area contributed by atoms with Crippen LogP contribution in [0.3, 0.4) is 0 Å². The Labute approximate surface area is 124 Å². The third-order valence-electron chi connectivity index (χ3n) is 3.59. The summed E-state index contributed by atoms with van der Waals surface area (Å²) in [7, 11) is 2.55. The lowest BCUT2D eigenvalue weighted by Crippen LogP contribution is -2.44. The van der Waals surface area contributed by atoms with E-state index in [1.54, 1.807) is 21.3 Å². The highest BCUT2D eigenvalue weighted by molar-refractivity contribution is 6.60. The standard InChI is InChI=1S/C15H28NO3Si/c1-15(2,3)14-8-11-16(12-9-14)10-7-13-20(17-4,18-5)19-6/h8-9,11-12H,7,10,13H2,1-6H3/q+1. The summed E-state index contributed by atoms with van der Waals surface area (Å²) in [5, 5.41) is 0. The van der Waals surface area contributed by atoms with Gasteiger partial charge in [-0.3, -0.25) is 0 Å². The van der Waals surface area contributed by atoms with Gasteiger partial charge in [0, 0.05) is 45.9 Å². The van der Waals surface area contributed by atoms with Crippen LogP contribution in [0.4, 0.5) is 0 Å². The predicted octanol–water partition coefficient (Wildman–Crippen LogP) is 2.54. The molecule has 0 bridgehead atoms. The first kappa shape index (κ1) is 17.3. The lowest BCUT2D eigenvalue weighted by atomic mass is 9.88. The third kappa shape index (κ3) is 4.66. The maximum absolute atomic E-state index is 5.42. The summed E-state index contributed by atoms with van der Waals surface area (Å²) >= 11 is 0. The largest absolute Gasteiger partial charge is 0.500 e. The monoisotopic (exact) mass is 298 g/mol. The van der Waals surface area contributed by atoms with Crippen molar-refractivity contribution in [1.29, 1.82) is 0 Å². The van der Waals surface area contributed by atoms with Gasteiger partial charge in [0.05, 0.1) is 0 Å². The summed E-state index contributed by atoms with van der Waals surface area (Å²) in [5.41, 5.74) is 1.55. The van der Waals surface area contributed by atoms with E-state index in [1.807, 2.05) is 0 Å². The number of nitrogens with zero attached hydrogens (tertiary/aromatic N) is 1. The molecular formula is C15H28NO3Si+. The van der Waals surface area contributed by atoms with Crippen LogP contribution in [-0.4, -0.2) is 30.1 Å². The van der Waals surface area contributed by atoms with Crippen LogP contribution in [0.2, 0.25) is 6.04 Å². The SMILES string of the molecule is CO[Si](CCC[n+]1ccc(C(C)(C)C)cc1)(OC)OC. The summed E-state index contributed by atoms with van der Waals surface area (Å²) < 4.78 is 18.5. The number of hydrogen-bond donors (Lipinski definition) is 0. The Bertz CT molecular complexity index is 388. The summed E-state index contributed by atoms with van der Waals surface area (Å²) in [6.07, 6.45) is 5.24. The fourth-order valence-electron chi connectivity index (χ4n) is 2.14. The van der Waals surface area contributed by atoms with Gasteiger partial charge in [-0.1, -0.05) is 20.8 Å². The van der Waals surface area contributed by atoms with Crippen LogP contribution in [0, 0.1) is 0 Å². The van der Waals surface area contributed by atoms with E-state index in [0.717, 1.165) is 19.0 Å². The minimum atomic E-state index is -2.43. The second-order valence-corrected chi connectivity index (χ2v) is 9.06. The van der Waals surface area contributed by atoms with Crippen molar-refractivity contribution < 1.29 is 17.8 Å². The van der Waals surface area contributed by atoms with Gasteiger partial charge in [-0.15, -0.1) is 0 Å². The zero-order valence-corrected chi connectivity index (χ0v) is 14.6. The van der Waals surface area contributed by atoms with E-state index in [0.29, 0.717) is 0 Å². The fourth-order valence-corrected chi connectivity index (χ4v) is 3.84. The van der Waals surface area contributed by atoms with Crippen molar-refractivity contribution in [1.82, 2.24) is 0 Å². The second-order valence-electron chi connectivity index (χ2n) is 5.97. The van der Waals surface area contributed by atoms with Crippen LogP contribution >= 0.6 is 0 Å². The first-order chi connectivity index (χ1) is 9.37. The topological polar surface area (TPSA) is 31.6 Å². The molecule has 0 atom stereocenters. The van der Waals surface area contributed by atoms with Crippen molar-refractivity contribution in [3.05, 3.63) is 30.1 Å². The van der Waals surface area contributed by atoms with Gasteiger partial charge in [0.25, 0.3) is 0 Å². The molecule has 1 aromatic heterocycles. The Balaban J connectivity index is 2.54. The van der Waals surface area contributed by atoms with Gasteiger partial charge in [0.2, 0.25) is 0 Å². The van der Waals surface area contributed by atoms with E-state index >= 15 is 0 Å². The Morgan fingerprint density at radius 1 is 1.00 bits per heavy atom. The number of pyridine rings is 1. The van der Waals surface area contributed by atoms with Crippen molar-refractivity contribution in [2.45, 2.75) is 45.2 Å². The van der Waals surface area contributed by atoms with Crippen LogP contribution in [0.1, 0.15) is 32.8 Å². The molecule has 1 heterocycles. The van der Waals surface area contributed by atoms with Crippen LogP contribution < -0.4 is 4.57 Å². The third-order valence-corrected chi connectivity index (χ3v) is 6.42. The van der Waals surface area contributed by atoms with E-state index in [2.05, 4.69) is 49.9 Å². The van der Waals surface area contributed by atoms with E-state index in [-0.39, 0.29) is 5.41 Å². The van der Waals surface area contributed by atoms with Gasteiger partial charge in [0.15, 0.2) is 12.4 Å². The van der Waals surface area contributed by atoms with Crippen LogP contribution in [0.5, 0.6) is 0 Å². The second kappa shape index (κ2) is 7.31. The molecule has 0 aromatic carbocycles. The Kier molecular flexibility index (Phi) is 6.32. The number of aromatic nitrogens is 1. The molecule has 0 amide bonds. The molecule has 0 N–H and O–H groups in total. The molecule has 20 heavy (non-hydrogen) atoms. The van der Waals surface area contributed by atoms with Crippen molar-refractivity contribution in [3.8, 4) is 0 Å². The first-order valence-corrected chi connectivity index (χ1v) is 8.95. The zero-order chi connectivity index (χ0) is 15.2. The summed E-state index contributed by atoms with van der Waals surface area (Å²) in [6.45, 7) is 7.61. The van der Waals surface area contributed by atoms with Crippen molar-refractivity contribution >= 4 is 8.80 Å². The maximum atomic E-state index is 5.42. The Morgan fingerprint density at radius 3 is 1.90 bits per heavy atom. The van der Waals surface area contributed by atoms with E-state index < -0.39 is 8.80 Å². The molecule has 0 saturated carbocycles. The molecule has 0 aliphatic heterocycles. The molecule has 0 saturated heterocycles. The molecule has 1 aromatic rings. The molecule has 4 nitrogen and oxygen atoms in total. The smallest absolute Gasteiger partial charge is 0.377 e. The molecule has 114 valence electrons. The highest BCUT2D eigenvalue weighted by atomic mass is 28.4. The zero-order valence-electron chi connectivity index (χ0n) is 13.6. The van der Waals surface area contributed by atoms with Crippen LogP contribution in [0.15, 0.2) is 24.5 Å². The van der Waals surface area contributed by atoms with Gasteiger partial charge < -0.3 is 13.3 Å². The van der Waals surface area contributed by atoms with E-state index in [4.69, 9.17) is 13.3 Å². The maximum Gasteiger partial charge on any atom is 0.500 e. The van der Waals surface area contributed by atoms with Gasteiger partial charge in [-0.2, -0.15) is 0 Å². The molecule has 0 radical (unpaired) electrons. The highest BCUT2D eigenvalue weighted by Gasteiger charge is 2.37. The Morgan fingerprint density at radius 2 is 1.50 bits per heavy atom. The minimum absolute atomic E-state index is 0.198. The number of hydrogen-bond acceptors (Lipinski definition) is 3.